The van der Waals surface area contributed by atoms with Gasteiger partial charge in [0.05, 0.1) is 12.7 Å². The van der Waals surface area contributed by atoms with Crippen LogP contribution in [0.3, 0.4) is 0 Å². The topological polar surface area (TPSA) is 60.0 Å². The first-order chi connectivity index (χ1) is 9.02. The van der Waals surface area contributed by atoms with Crippen molar-refractivity contribution in [1.29, 1.82) is 0 Å². The maximum Gasteiger partial charge on any atom is 0.240 e. The third-order valence-corrected chi connectivity index (χ3v) is 2.72. The molecule has 0 saturated heterocycles. The molecule has 6 nitrogen and oxygen atoms in total. The summed E-state index contributed by atoms with van der Waals surface area (Å²) in [6.45, 7) is 5.75. The fourth-order valence-corrected chi connectivity index (χ4v) is 1.95. The summed E-state index contributed by atoms with van der Waals surface area (Å²) in [4.78, 5) is 6.53. The summed E-state index contributed by atoms with van der Waals surface area (Å²) in [5, 5.41) is 8.14. The molecule has 2 aromatic rings. The zero-order valence-corrected chi connectivity index (χ0v) is 12.0. The van der Waals surface area contributed by atoms with Gasteiger partial charge in [0, 0.05) is 31.8 Å². The molecule has 104 valence electrons. The first kappa shape index (κ1) is 13.7. The molecule has 0 spiro atoms. The lowest BCUT2D eigenvalue weighted by Gasteiger charge is -2.12. The molecule has 0 amide bonds. The van der Waals surface area contributed by atoms with Gasteiger partial charge in [0.15, 0.2) is 5.82 Å². The van der Waals surface area contributed by atoms with Gasteiger partial charge in [-0.25, -0.2) is 0 Å². The maximum absolute atomic E-state index is 5.26. The van der Waals surface area contributed by atoms with E-state index in [0.29, 0.717) is 18.4 Å². The second-order valence-electron chi connectivity index (χ2n) is 5.40. The van der Waals surface area contributed by atoms with Crippen LogP contribution in [0.1, 0.15) is 31.1 Å². The van der Waals surface area contributed by atoms with Gasteiger partial charge in [-0.1, -0.05) is 19.0 Å². The van der Waals surface area contributed by atoms with Crippen LogP contribution in [-0.4, -0.2) is 31.9 Å². The van der Waals surface area contributed by atoms with Crippen LogP contribution in [0.25, 0.3) is 0 Å². The molecule has 0 saturated carbocycles. The Morgan fingerprint density at radius 3 is 2.79 bits per heavy atom. The lowest BCUT2D eigenvalue weighted by Crippen LogP contribution is -2.17. The van der Waals surface area contributed by atoms with E-state index in [2.05, 4.69) is 34.0 Å². The van der Waals surface area contributed by atoms with E-state index < -0.39 is 0 Å². The third kappa shape index (κ3) is 4.17. The van der Waals surface area contributed by atoms with E-state index >= 15 is 0 Å². The highest BCUT2D eigenvalue weighted by Gasteiger charge is 2.11. The first-order valence-corrected chi connectivity index (χ1v) is 6.50. The molecule has 0 radical (unpaired) electrons. The van der Waals surface area contributed by atoms with Gasteiger partial charge in [-0.2, -0.15) is 10.1 Å². The molecule has 2 heterocycles. The van der Waals surface area contributed by atoms with Gasteiger partial charge >= 0.3 is 0 Å². The van der Waals surface area contributed by atoms with Crippen molar-refractivity contribution >= 4 is 0 Å². The van der Waals surface area contributed by atoms with Crippen molar-refractivity contribution in [3.8, 4) is 0 Å². The van der Waals surface area contributed by atoms with E-state index in [9.17, 15) is 0 Å². The highest BCUT2D eigenvalue weighted by atomic mass is 16.5. The smallest absolute Gasteiger partial charge is 0.240 e. The molecule has 0 N–H and O–H groups in total. The summed E-state index contributed by atoms with van der Waals surface area (Å²) < 4.78 is 7.06. The molecule has 0 aliphatic rings. The second-order valence-corrected chi connectivity index (χ2v) is 5.40. The first-order valence-electron chi connectivity index (χ1n) is 6.50. The van der Waals surface area contributed by atoms with Crippen molar-refractivity contribution in [3.63, 3.8) is 0 Å². The van der Waals surface area contributed by atoms with E-state index in [1.807, 2.05) is 26.5 Å². The number of rotatable bonds is 6. The van der Waals surface area contributed by atoms with Crippen LogP contribution < -0.4 is 0 Å². The average molecular weight is 263 g/mol. The van der Waals surface area contributed by atoms with Gasteiger partial charge in [-0.3, -0.25) is 9.58 Å². The van der Waals surface area contributed by atoms with Gasteiger partial charge in [0.2, 0.25) is 5.89 Å². The molecular formula is C13H21N5O. The van der Waals surface area contributed by atoms with Crippen LogP contribution in [0.15, 0.2) is 16.9 Å². The zero-order chi connectivity index (χ0) is 13.8. The van der Waals surface area contributed by atoms with E-state index in [4.69, 9.17) is 4.52 Å². The summed E-state index contributed by atoms with van der Waals surface area (Å²) in [6, 6.07) is 0. The highest BCUT2D eigenvalue weighted by molar-refractivity contribution is 5.03. The number of hydrogen-bond acceptors (Lipinski definition) is 5. The van der Waals surface area contributed by atoms with Crippen molar-refractivity contribution in [1.82, 2.24) is 24.8 Å². The fourth-order valence-electron chi connectivity index (χ4n) is 1.95. The van der Waals surface area contributed by atoms with Crippen LogP contribution in [0.4, 0.5) is 0 Å². The molecule has 0 aliphatic heterocycles. The van der Waals surface area contributed by atoms with Crippen molar-refractivity contribution in [2.75, 3.05) is 7.05 Å². The van der Waals surface area contributed by atoms with Crippen molar-refractivity contribution < 1.29 is 4.52 Å². The van der Waals surface area contributed by atoms with Crippen LogP contribution in [0.5, 0.6) is 0 Å². The summed E-state index contributed by atoms with van der Waals surface area (Å²) >= 11 is 0. The Morgan fingerprint density at radius 1 is 1.37 bits per heavy atom. The summed E-state index contributed by atoms with van der Waals surface area (Å²) in [5.41, 5.74) is 1.17. The quantitative estimate of drug-likeness (QED) is 0.793. The predicted octanol–water partition coefficient (Wildman–Crippen LogP) is 1.63. The minimum absolute atomic E-state index is 0.540. The highest BCUT2D eigenvalue weighted by Crippen LogP contribution is 2.08. The van der Waals surface area contributed by atoms with E-state index in [-0.39, 0.29) is 0 Å². The molecule has 19 heavy (non-hydrogen) atoms. The number of nitrogens with zero attached hydrogens (tertiary/aromatic N) is 5. The Kier molecular flexibility index (Phi) is 4.31. The van der Waals surface area contributed by atoms with E-state index in [0.717, 1.165) is 18.8 Å². The van der Waals surface area contributed by atoms with Gasteiger partial charge in [0.1, 0.15) is 0 Å². The second kappa shape index (κ2) is 5.97. The lowest BCUT2D eigenvalue weighted by atomic mass is 10.1. The molecule has 0 bridgehead atoms. The number of aromatic nitrogens is 4. The van der Waals surface area contributed by atoms with Crippen LogP contribution in [-0.2, 0) is 26.6 Å². The van der Waals surface area contributed by atoms with Crippen LogP contribution >= 0.6 is 0 Å². The van der Waals surface area contributed by atoms with Crippen LogP contribution in [0.2, 0.25) is 0 Å². The number of aryl methyl sites for hydroxylation is 1. The third-order valence-electron chi connectivity index (χ3n) is 2.72. The minimum Gasteiger partial charge on any atom is -0.338 e. The molecule has 2 aromatic heterocycles. The molecule has 0 atom stereocenters. The van der Waals surface area contributed by atoms with Crippen LogP contribution in [0, 0.1) is 5.92 Å². The van der Waals surface area contributed by atoms with E-state index in [1.54, 1.807) is 4.68 Å². The lowest BCUT2D eigenvalue weighted by molar-refractivity contribution is 0.260. The monoisotopic (exact) mass is 263 g/mol. The van der Waals surface area contributed by atoms with Crippen molar-refractivity contribution in [2.45, 2.75) is 33.4 Å². The van der Waals surface area contributed by atoms with Gasteiger partial charge < -0.3 is 4.52 Å². The Balaban J connectivity index is 1.88. The summed E-state index contributed by atoms with van der Waals surface area (Å²) in [5.74, 6) is 2.00. The largest absolute Gasteiger partial charge is 0.338 e. The zero-order valence-electron chi connectivity index (χ0n) is 12.0. The van der Waals surface area contributed by atoms with Gasteiger partial charge in [-0.15, -0.1) is 0 Å². The molecule has 0 aromatic carbocycles. The van der Waals surface area contributed by atoms with Gasteiger partial charge in [-0.05, 0) is 13.0 Å². The maximum atomic E-state index is 5.26. The Labute approximate surface area is 113 Å². The normalized spacial score (nSPS) is 11.7. The minimum atomic E-state index is 0.540. The van der Waals surface area contributed by atoms with Gasteiger partial charge in [0.25, 0.3) is 0 Å². The molecule has 2 rings (SSSR count). The average Bonchev–Trinajstić information content (AvgIpc) is 2.88. The molecule has 0 unspecified atom stereocenters. The molecule has 0 aliphatic carbocycles. The van der Waals surface area contributed by atoms with E-state index in [1.165, 1.54) is 5.56 Å². The summed E-state index contributed by atoms with van der Waals surface area (Å²) in [7, 11) is 3.94. The predicted molar refractivity (Wildman–Crippen MR) is 71.2 cm³/mol. The Morgan fingerprint density at radius 2 is 2.16 bits per heavy atom. The Hall–Kier alpha value is -1.69. The Bertz CT molecular complexity index is 517. The standard InChI is InChI=1S/C13H21N5O/c1-10(2)5-12-15-13(19-16-12)9-17(3)7-11-6-14-18(4)8-11/h6,8,10H,5,7,9H2,1-4H3. The molecule has 6 heteroatoms. The molecular weight excluding hydrogens is 242 g/mol. The molecule has 0 fully saturated rings. The SMILES string of the molecule is CC(C)Cc1noc(CN(C)Cc2cnn(C)c2)n1. The number of hydrogen-bond donors (Lipinski definition) is 0. The van der Waals surface area contributed by atoms with Crippen molar-refractivity contribution in [3.05, 3.63) is 29.7 Å². The summed E-state index contributed by atoms with van der Waals surface area (Å²) in [6.07, 6.45) is 4.73. The fraction of sp³-hybridized carbons (Fsp3) is 0.615. The van der Waals surface area contributed by atoms with Crippen molar-refractivity contribution in [2.24, 2.45) is 13.0 Å².